The molecule has 5 aliphatic rings. The number of quaternary nitrogens is 1. The number of carbonyl (C=O) groups is 1. The van der Waals surface area contributed by atoms with Gasteiger partial charge in [-0.3, -0.25) is 9.98 Å². The van der Waals surface area contributed by atoms with Crippen molar-refractivity contribution in [1.29, 1.82) is 5.41 Å². The molecule has 15 nitrogen and oxygen atoms in total. The van der Waals surface area contributed by atoms with E-state index < -0.39 is 36.1 Å². The molecule has 4 N–H and O–H groups in total. The lowest BCUT2D eigenvalue weighted by molar-refractivity contribution is -0.730. The number of amidine groups is 1. The Kier molecular flexibility index (Phi) is 7.10. The highest BCUT2D eigenvalue weighted by molar-refractivity contribution is 6.66. The summed E-state index contributed by atoms with van der Waals surface area (Å²) in [5.41, 5.74) is 0.949. The highest BCUT2D eigenvalue weighted by Gasteiger charge is 2.50. The Bertz CT molecular complexity index is 1870. The molecule has 0 fully saturated rings. The average molecular weight is 630 g/mol. The second-order valence-corrected chi connectivity index (χ2v) is 11.4. The smallest absolute Gasteiger partial charge is 0.374 e. The van der Waals surface area contributed by atoms with Crippen LogP contribution in [0.2, 0.25) is 0 Å². The first-order chi connectivity index (χ1) is 22.2. The van der Waals surface area contributed by atoms with Gasteiger partial charge in [-0.1, -0.05) is 18.2 Å². The van der Waals surface area contributed by atoms with Crippen molar-refractivity contribution in [2.45, 2.75) is 51.0 Å². The molecule has 0 spiro atoms. The quantitative estimate of drug-likeness (QED) is 0.238. The van der Waals surface area contributed by atoms with Crippen LogP contribution in [0, 0.1) is 5.41 Å². The summed E-state index contributed by atoms with van der Waals surface area (Å²) < 4.78 is 25.5. The Morgan fingerprint density at radius 2 is 2.17 bits per heavy atom. The van der Waals surface area contributed by atoms with Gasteiger partial charge in [-0.05, 0) is 31.9 Å². The van der Waals surface area contributed by atoms with E-state index in [1.54, 1.807) is 32.3 Å². The maximum absolute atomic E-state index is 13.0. The standard InChI is InChI=1S/C31H31N7O8/c1-4-44-28(41)18-12-15(7-10-37-11-9-33-30(37)38-14-34-21-26(38)35-29(32)36-27(21)40)19-22(45-18)17(13-39)23-20(24(19)43-3)16-6-5-8-31(2,42)25(16)46-23/h5-7,9,11-12,16,25,39,42H,4,8,10,13-14H2,1-3H3,(H2,32,36,40)/t16-,25+,31-/m1/s1. The Hall–Kier alpha value is -5.12. The molecule has 1 aromatic heterocycles. The molecule has 0 amide bonds. The van der Waals surface area contributed by atoms with Gasteiger partial charge in [0.05, 0.1) is 37.6 Å². The maximum Gasteiger partial charge on any atom is 0.374 e. The number of rotatable bonds is 7. The van der Waals surface area contributed by atoms with Crippen LogP contribution in [0.1, 0.15) is 42.9 Å². The van der Waals surface area contributed by atoms with E-state index in [4.69, 9.17) is 24.4 Å². The molecule has 1 aromatic carbocycles. The molecule has 0 saturated carbocycles. The van der Waals surface area contributed by atoms with Gasteiger partial charge in [-0.15, -0.1) is 0 Å². The third kappa shape index (κ3) is 4.54. The van der Waals surface area contributed by atoms with E-state index in [1.807, 2.05) is 22.8 Å². The number of hydrogen-bond acceptors (Lipinski definition) is 11. The molecule has 0 saturated heterocycles. The molecule has 0 radical (unpaired) electrons. The van der Waals surface area contributed by atoms with E-state index >= 15 is 0 Å². The molecule has 0 bridgehead atoms. The number of benzene rings is 1. The lowest BCUT2D eigenvalue weighted by atomic mass is 9.78. The molecular formula is C31H31N7O8. The first-order valence-corrected chi connectivity index (χ1v) is 14.7. The Balaban J connectivity index is 1.34. The Morgan fingerprint density at radius 1 is 1.35 bits per heavy atom. The SMILES string of the molecule is CCOC(=O)C1=CC(=CCn2ccnc2[NH+]2CN=C3C([O-])=NC(=N)N=C32)c2c(c(CO)c3c(c2OC)[C@H]2C=CC[C@@](C)(O)[C@H]2O3)O1. The largest absolute Gasteiger partial charge is 0.857 e. The maximum atomic E-state index is 13.0. The van der Waals surface area contributed by atoms with Crippen molar-refractivity contribution in [3.05, 3.63) is 59.1 Å². The fourth-order valence-electron chi connectivity index (χ4n) is 6.50. The summed E-state index contributed by atoms with van der Waals surface area (Å²) in [6.45, 7) is 3.44. The number of aliphatic imine (C=N–C) groups is 3. The van der Waals surface area contributed by atoms with Crippen molar-refractivity contribution < 1.29 is 44.0 Å². The van der Waals surface area contributed by atoms with Crippen LogP contribution in [-0.2, 0) is 22.7 Å². The van der Waals surface area contributed by atoms with Crippen molar-refractivity contribution in [3.8, 4) is 17.2 Å². The number of aromatic nitrogens is 2. The van der Waals surface area contributed by atoms with Crippen LogP contribution in [-0.4, -0.2) is 81.2 Å². The van der Waals surface area contributed by atoms with Crippen LogP contribution < -0.4 is 24.2 Å². The van der Waals surface area contributed by atoms with Crippen LogP contribution in [0.15, 0.2) is 57.4 Å². The molecule has 2 aromatic rings. The zero-order valence-corrected chi connectivity index (χ0v) is 25.2. The number of carbonyl (C=O) groups excluding carboxylic acids is 1. The minimum absolute atomic E-state index is 0.0917. The molecule has 4 atom stereocenters. The van der Waals surface area contributed by atoms with E-state index in [0.29, 0.717) is 51.0 Å². The number of esters is 1. The van der Waals surface area contributed by atoms with Gasteiger partial charge in [-0.25, -0.2) is 19.7 Å². The Morgan fingerprint density at radius 3 is 2.93 bits per heavy atom. The zero-order chi connectivity index (χ0) is 32.3. The number of aliphatic hydroxyl groups is 2. The molecule has 1 unspecified atom stereocenters. The second-order valence-electron chi connectivity index (χ2n) is 11.4. The van der Waals surface area contributed by atoms with Crippen LogP contribution in [0.3, 0.4) is 0 Å². The lowest BCUT2D eigenvalue weighted by Gasteiger charge is -2.34. The normalized spacial score (nSPS) is 26.5. The third-order valence-corrected chi connectivity index (χ3v) is 8.54. The first kappa shape index (κ1) is 29.6. The van der Waals surface area contributed by atoms with E-state index in [9.17, 15) is 20.1 Å². The van der Waals surface area contributed by atoms with Gasteiger partial charge in [0.25, 0.3) is 5.84 Å². The minimum atomic E-state index is -1.18. The predicted octanol–water partition coefficient (Wildman–Crippen LogP) is -0.103. The number of hydrogen-bond donors (Lipinski definition) is 4. The molecule has 1 aliphatic carbocycles. The van der Waals surface area contributed by atoms with Gasteiger partial charge >= 0.3 is 11.9 Å². The number of methoxy groups -OCH3 is 1. The highest BCUT2D eigenvalue weighted by atomic mass is 16.6. The van der Waals surface area contributed by atoms with Crippen molar-refractivity contribution in [1.82, 2.24) is 9.55 Å². The Labute approximate surface area is 262 Å². The van der Waals surface area contributed by atoms with E-state index in [-0.39, 0.29) is 48.8 Å². The number of guanidine groups is 1. The summed E-state index contributed by atoms with van der Waals surface area (Å²) in [5.74, 6) is -0.417. The summed E-state index contributed by atoms with van der Waals surface area (Å²) >= 11 is 0. The first-order valence-electron chi connectivity index (χ1n) is 14.7. The van der Waals surface area contributed by atoms with Crippen LogP contribution >= 0.6 is 0 Å². The second kappa shape index (κ2) is 11.0. The number of aliphatic hydroxyl groups excluding tert-OH is 1. The summed E-state index contributed by atoms with van der Waals surface area (Å²) in [4.78, 5) is 30.0. The summed E-state index contributed by atoms with van der Waals surface area (Å²) in [6.07, 6.45) is 10.4. The van der Waals surface area contributed by atoms with Crippen LogP contribution in [0.5, 0.6) is 17.2 Å². The molecule has 15 heteroatoms. The van der Waals surface area contributed by atoms with Crippen molar-refractivity contribution in [3.63, 3.8) is 0 Å². The fourth-order valence-corrected chi connectivity index (χ4v) is 6.50. The summed E-state index contributed by atoms with van der Waals surface area (Å²) in [7, 11) is 1.52. The summed E-state index contributed by atoms with van der Waals surface area (Å²) in [6, 6.07) is 0. The van der Waals surface area contributed by atoms with Crippen molar-refractivity contribution in [2.75, 3.05) is 20.4 Å². The molecular weight excluding hydrogens is 598 g/mol. The third-order valence-electron chi connectivity index (χ3n) is 8.54. The number of fused-ring (bicyclic) bond motifs is 5. The molecule has 7 rings (SSSR count). The topological polar surface area (TPSA) is 201 Å². The minimum Gasteiger partial charge on any atom is -0.857 e. The molecule has 5 heterocycles. The van der Waals surface area contributed by atoms with E-state index in [1.165, 1.54) is 7.11 Å². The van der Waals surface area contributed by atoms with Gasteiger partial charge in [0.15, 0.2) is 12.4 Å². The fraction of sp³-hybridized carbons (Fsp3) is 0.355. The van der Waals surface area contributed by atoms with E-state index in [0.717, 1.165) is 0 Å². The van der Waals surface area contributed by atoms with Crippen molar-refractivity contribution >= 4 is 40.9 Å². The number of imidazole rings is 1. The van der Waals surface area contributed by atoms with Gasteiger partial charge in [-0.2, -0.15) is 9.98 Å². The zero-order valence-electron chi connectivity index (χ0n) is 25.2. The molecule has 46 heavy (non-hydrogen) atoms. The van der Waals surface area contributed by atoms with Gasteiger partial charge in [0.2, 0.25) is 11.7 Å². The number of nitrogens with zero attached hydrogens (tertiary/aromatic N) is 5. The highest BCUT2D eigenvalue weighted by Crippen LogP contribution is 2.58. The lowest BCUT2D eigenvalue weighted by Crippen LogP contribution is -3.10. The average Bonchev–Trinajstić information content (AvgIpc) is 3.76. The van der Waals surface area contributed by atoms with Gasteiger partial charge < -0.3 is 34.3 Å². The van der Waals surface area contributed by atoms with E-state index in [2.05, 4.69) is 20.0 Å². The van der Waals surface area contributed by atoms with Gasteiger partial charge in [0.1, 0.15) is 29.0 Å². The summed E-state index contributed by atoms with van der Waals surface area (Å²) in [5, 5.41) is 42.0. The van der Waals surface area contributed by atoms with Crippen LogP contribution in [0.4, 0.5) is 5.95 Å². The van der Waals surface area contributed by atoms with Crippen LogP contribution in [0.25, 0.3) is 5.57 Å². The number of nitrogens with one attached hydrogen (secondary N) is 2. The predicted molar refractivity (Wildman–Crippen MR) is 162 cm³/mol. The monoisotopic (exact) mass is 629 g/mol. The molecule has 4 aliphatic heterocycles. The number of ether oxygens (including phenoxy) is 4. The van der Waals surface area contributed by atoms with Gasteiger partial charge in [0, 0.05) is 30.1 Å². The number of allylic oxidation sites excluding steroid dienone is 3. The van der Waals surface area contributed by atoms with Crippen molar-refractivity contribution in [2.24, 2.45) is 15.0 Å². The molecule has 238 valence electrons.